The Bertz CT molecular complexity index is 876. The first-order chi connectivity index (χ1) is 14.7. The maximum absolute atomic E-state index is 13.0. The number of carbonyl (C=O) groups is 1. The second kappa shape index (κ2) is 9.52. The molecule has 2 aromatic rings. The van der Waals surface area contributed by atoms with Crippen LogP contribution in [-0.4, -0.2) is 50.6 Å². The number of hydrogen-bond acceptors (Lipinski definition) is 4. The van der Waals surface area contributed by atoms with Gasteiger partial charge in [0.05, 0.1) is 18.2 Å². The van der Waals surface area contributed by atoms with Crippen molar-refractivity contribution in [3.8, 4) is 5.75 Å². The van der Waals surface area contributed by atoms with Crippen molar-refractivity contribution in [2.75, 3.05) is 44.7 Å². The monoisotopic (exact) mass is 407 g/mol. The molecule has 4 rings (SSSR count). The molecule has 1 atom stereocenters. The lowest BCUT2D eigenvalue weighted by molar-refractivity contribution is 0.0934. The van der Waals surface area contributed by atoms with E-state index < -0.39 is 0 Å². The lowest BCUT2D eigenvalue weighted by Crippen LogP contribution is -2.37. The molecule has 0 aliphatic carbocycles. The van der Waals surface area contributed by atoms with Crippen molar-refractivity contribution in [2.45, 2.75) is 38.6 Å². The molecule has 5 heteroatoms. The summed E-state index contributed by atoms with van der Waals surface area (Å²) in [5, 5.41) is 3.19. The molecule has 1 N–H and O–H groups in total. The average Bonchev–Trinajstić information content (AvgIpc) is 3.29. The molecule has 1 fully saturated rings. The Kier molecular flexibility index (Phi) is 6.58. The third-order valence-corrected chi connectivity index (χ3v) is 6.31. The van der Waals surface area contributed by atoms with E-state index in [0.717, 1.165) is 26.1 Å². The lowest BCUT2D eigenvalue weighted by atomic mass is 9.96. The zero-order valence-electron chi connectivity index (χ0n) is 18.2. The van der Waals surface area contributed by atoms with Gasteiger partial charge in [-0.1, -0.05) is 24.3 Å². The van der Waals surface area contributed by atoms with Gasteiger partial charge in [-0.3, -0.25) is 9.69 Å². The summed E-state index contributed by atoms with van der Waals surface area (Å²) in [7, 11) is 2.17. The fourth-order valence-electron chi connectivity index (χ4n) is 4.74. The number of likely N-dealkylation sites (tertiary alicyclic amines) is 1. The first-order valence-electron chi connectivity index (χ1n) is 11.3. The molecular weight excluding hydrogens is 374 g/mol. The molecule has 2 heterocycles. The molecule has 1 saturated heterocycles. The Labute approximate surface area is 180 Å². The second-order valence-electron chi connectivity index (χ2n) is 8.31. The van der Waals surface area contributed by atoms with Gasteiger partial charge in [-0.2, -0.15) is 0 Å². The predicted octanol–water partition coefficient (Wildman–Crippen LogP) is 4.03. The SMILES string of the molecule is CCOc1ccccc1C(=O)NC[C@H](c1ccc2c(c1)CCCN2C)N1CCCC1. The summed E-state index contributed by atoms with van der Waals surface area (Å²) in [6.45, 7) is 6.39. The highest BCUT2D eigenvalue weighted by molar-refractivity contribution is 5.96. The van der Waals surface area contributed by atoms with E-state index in [0.29, 0.717) is 24.5 Å². The standard InChI is InChI=1S/C25H33N3O2/c1-3-30-24-11-5-4-10-21(24)25(29)26-18-23(28-15-6-7-16-28)20-12-13-22-19(17-20)9-8-14-27(22)2/h4-5,10-13,17,23H,3,6-9,14-16,18H2,1-2H3,(H,26,29)/t23-/m1/s1. The van der Waals surface area contributed by atoms with Crippen molar-refractivity contribution in [3.63, 3.8) is 0 Å². The van der Waals surface area contributed by atoms with E-state index in [-0.39, 0.29) is 11.9 Å². The van der Waals surface area contributed by atoms with Crippen LogP contribution in [0.2, 0.25) is 0 Å². The van der Waals surface area contributed by atoms with Crippen LogP contribution in [0.1, 0.15) is 53.7 Å². The number of aryl methyl sites for hydroxylation is 1. The number of para-hydroxylation sites is 1. The minimum atomic E-state index is -0.0686. The van der Waals surface area contributed by atoms with E-state index in [2.05, 4.69) is 40.4 Å². The van der Waals surface area contributed by atoms with E-state index in [1.807, 2.05) is 31.2 Å². The van der Waals surface area contributed by atoms with Crippen LogP contribution in [0.25, 0.3) is 0 Å². The van der Waals surface area contributed by atoms with Crippen molar-refractivity contribution in [2.24, 2.45) is 0 Å². The maximum Gasteiger partial charge on any atom is 0.255 e. The smallest absolute Gasteiger partial charge is 0.255 e. The number of hydrogen-bond donors (Lipinski definition) is 1. The van der Waals surface area contributed by atoms with Crippen LogP contribution >= 0.6 is 0 Å². The lowest BCUT2D eigenvalue weighted by Gasteiger charge is -2.32. The Morgan fingerprint density at radius 1 is 1.10 bits per heavy atom. The van der Waals surface area contributed by atoms with E-state index in [9.17, 15) is 4.79 Å². The van der Waals surface area contributed by atoms with Gasteiger partial charge in [-0.05, 0) is 75.0 Å². The normalized spacial score (nSPS) is 17.5. The minimum absolute atomic E-state index is 0.0686. The van der Waals surface area contributed by atoms with Crippen LogP contribution in [-0.2, 0) is 6.42 Å². The van der Waals surface area contributed by atoms with E-state index in [1.54, 1.807) is 0 Å². The summed E-state index contributed by atoms with van der Waals surface area (Å²) < 4.78 is 5.65. The van der Waals surface area contributed by atoms with Gasteiger partial charge in [0.2, 0.25) is 0 Å². The molecular formula is C25H33N3O2. The van der Waals surface area contributed by atoms with Gasteiger partial charge in [0.15, 0.2) is 0 Å². The number of anilines is 1. The van der Waals surface area contributed by atoms with E-state index in [4.69, 9.17) is 4.74 Å². The van der Waals surface area contributed by atoms with Gasteiger partial charge in [0.25, 0.3) is 5.91 Å². The van der Waals surface area contributed by atoms with E-state index in [1.165, 1.54) is 36.1 Å². The van der Waals surface area contributed by atoms with Crippen molar-refractivity contribution >= 4 is 11.6 Å². The first-order valence-corrected chi connectivity index (χ1v) is 11.3. The topological polar surface area (TPSA) is 44.8 Å². The van der Waals surface area contributed by atoms with Crippen LogP contribution in [0.15, 0.2) is 42.5 Å². The van der Waals surface area contributed by atoms with Crippen LogP contribution < -0.4 is 15.0 Å². The second-order valence-corrected chi connectivity index (χ2v) is 8.31. The number of ether oxygens (including phenoxy) is 1. The average molecular weight is 408 g/mol. The van der Waals surface area contributed by atoms with Gasteiger partial charge >= 0.3 is 0 Å². The highest BCUT2D eigenvalue weighted by Crippen LogP contribution is 2.32. The third kappa shape index (κ3) is 4.46. The highest BCUT2D eigenvalue weighted by Gasteiger charge is 2.26. The summed E-state index contributed by atoms with van der Waals surface area (Å²) in [6, 6.07) is 14.6. The van der Waals surface area contributed by atoms with Gasteiger partial charge in [-0.15, -0.1) is 0 Å². The predicted molar refractivity (Wildman–Crippen MR) is 122 cm³/mol. The van der Waals surface area contributed by atoms with Gasteiger partial charge < -0.3 is 15.0 Å². The van der Waals surface area contributed by atoms with Gasteiger partial charge in [-0.25, -0.2) is 0 Å². The molecule has 2 aliphatic rings. The molecule has 0 spiro atoms. The molecule has 0 saturated carbocycles. The summed E-state index contributed by atoms with van der Waals surface area (Å²) in [4.78, 5) is 17.8. The quantitative estimate of drug-likeness (QED) is 0.753. The summed E-state index contributed by atoms with van der Waals surface area (Å²) >= 11 is 0. The Morgan fingerprint density at radius 2 is 1.90 bits per heavy atom. The number of fused-ring (bicyclic) bond motifs is 1. The van der Waals surface area contributed by atoms with Crippen molar-refractivity contribution in [1.29, 1.82) is 0 Å². The molecule has 0 bridgehead atoms. The number of nitrogens with zero attached hydrogens (tertiary/aromatic N) is 2. The molecule has 0 radical (unpaired) electrons. The van der Waals surface area contributed by atoms with Crippen molar-refractivity contribution in [1.82, 2.24) is 10.2 Å². The van der Waals surface area contributed by atoms with Crippen LogP contribution in [0.4, 0.5) is 5.69 Å². The molecule has 2 aromatic carbocycles. The number of rotatable bonds is 7. The Morgan fingerprint density at radius 3 is 2.70 bits per heavy atom. The molecule has 0 unspecified atom stereocenters. The zero-order valence-corrected chi connectivity index (χ0v) is 18.2. The van der Waals surface area contributed by atoms with Crippen LogP contribution in [0.5, 0.6) is 5.75 Å². The van der Waals surface area contributed by atoms with Gasteiger partial charge in [0, 0.05) is 25.8 Å². The molecule has 0 aromatic heterocycles. The molecule has 160 valence electrons. The van der Waals surface area contributed by atoms with Crippen molar-refractivity contribution < 1.29 is 9.53 Å². The largest absolute Gasteiger partial charge is 0.493 e. The van der Waals surface area contributed by atoms with Crippen molar-refractivity contribution in [3.05, 3.63) is 59.2 Å². The van der Waals surface area contributed by atoms with E-state index >= 15 is 0 Å². The minimum Gasteiger partial charge on any atom is -0.493 e. The molecule has 1 amide bonds. The summed E-state index contributed by atoms with van der Waals surface area (Å²) in [5.41, 5.74) is 4.69. The summed E-state index contributed by atoms with van der Waals surface area (Å²) in [6.07, 6.45) is 4.79. The fourth-order valence-corrected chi connectivity index (χ4v) is 4.74. The molecule has 30 heavy (non-hydrogen) atoms. The van der Waals surface area contributed by atoms with Crippen LogP contribution in [0.3, 0.4) is 0 Å². The van der Waals surface area contributed by atoms with Crippen LogP contribution in [0, 0.1) is 0 Å². The fraction of sp³-hybridized carbons (Fsp3) is 0.480. The number of amides is 1. The number of carbonyl (C=O) groups excluding carboxylic acids is 1. The summed E-state index contributed by atoms with van der Waals surface area (Å²) in [5.74, 6) is 0.577. The Balaban J connectivity index is 1.53. The third-order valence-electron chi connectivity index (χ3n) is 6.31. The zero-order chi connectivity index (χ0) is 20.9. The molecule has 2 aliphatic heterocycles. The Hall–Kier alpha value is -2.53. The maximum atomic E-state index is 13.0. The number of nitrogens with one attached hydrogen (secondary N) is 1. The highest BCUT2D eigenvalue weighted by atomic mass is 16.5. The number of benzene rings is 2. The van der Waals surface area contributed by atoms with Gasteiger partial charge in [0.1, 0.15) is 5.75 Å². The molecule has 5 nitrogen and oxygen atoms in total. The first kappa shape index (κ1) is 20.7.